The fraction of sp³-hybridized carbons (Fsp3) is 0.143. The van der Waals surface area contributed by atoms with E-state index in [1.807, 2.05) is 0 Å². The van der Waals surface area contributed by atoms with Crippen LogP contribution in [0.5, 0.6) is 0 Å². The molecule has 0 unspecified atom stereocenters. The number of benzene rings is 1. The number of rotatable bonds is 0. The average Bonchev–Trinajstić information content (AvgIpc) is 1.84. The summed E-state index contributed by atoms with van der Waals surface area (Å²) in [6.45, 7) is 1.78. The molecule has 2 N–H and O–H groups in total. The fourth-order valence-electron chi connectivity index (χ4n) is 0.680. The first-order chi connectivity index (χ1) is 4.61. The van der Waals surface area contributed by atoms with E-state index in [1.165, 1.54) is 12.1 Å². The third-order valence-corrected chi connectivity index (χ3v) is 1.69. The smallest absolute Gasteiger partial charge is 0.147 e. The lowest BCUT2D eigenvalue weighted by Gasteiger charge is -1.99. The molecular weight excluding hydrogens is 188 g/mol. The van der Waals surface area contributed by atoms with E-state index in [0.29, 0.717) is 5.02 Å². The van der Waals surface area contributed by atoms with Gasteiger partial charge in [-0.25, -0.2) is 4.39 Å². The Morgan fingerprint density at radius 2 is 2.00 bits per heavy atom. The molecular formula is C7H8Cl2FN. The Hall–Kier alpha value is -0.470. The molecule has 1 aromatic carbocycles. The molecule has 0 aliphatic rings. The summed E-state index contributed by atoms with van der Waals surface area (Å²) in [6.07, 6.45) is 0. The Labute approximate surface area is 75.8 Å². The maximum atomic E-state index is 12.6. The largest absolute Gasteiger partial charge is 0.396 e. The van der Waals surface area contributed by atoms with Gasteiger partial charge in [0.25, 0.3) is 0 Å². The van der Waals surface area contributed by atoms with E-state index in [4.69, 9.17) is 17.3 Å². The number of anilines is 1. The standard InChI is InChI=1S/C7H7ClFN.ClH/c1-4-2-7(10)6(9)3-5(4)8;/h2-3H,10H2,1H3;1H. The molecule has 0 saturated carbocycles. The molecule has 1 aromatic rings. The molecule has 0 saturated heterocycles. The number of halogens is 3. The molecule has 62 valence electrons. The summed E-state index contributed by atoms with van der Waals surface area (Å²) in [5.41, 5.74) is 6.19. The van der Waals surface area contributed by atoms with E-state index in [0.717, 1.165) is 5.56 Å². The summed E-state index contributed by atoms with van der Waals surface area (Å²) in [7, 11) is 0. The predicted octanol–water partition coefficient (Wildman–Crippen LogP) is 2.79. The van der Waals surface area contributed by atoms with Crippen LogP contribution < -0.4 is 5.73 Å². The summed E-state index contributed by atoms with van der Waals surface area (Å²) in [6, 6.07) is 2.73. The number of aryl methyl sites for hydroxylation is 1. The molecule has 0 heterocycles. The van der Waals surface area contributed by atoms with Crippen LogP contribution in [0.4, 0.5) is 10.1 Å². The highest BCUT2D eigenvalue weighted by molar-refractivity contribution is 6.31. The molecule has 0 amide bonds. The van der Waals surface area contributed by atoms with Gasteiger partial charge in [-0.1, -0.05) is 11.6 Å². The number of hydrogen-bond donors (Lipinski definition) is 1. The zero-order valence-electron chi connectivity index (χ0n) is 5.90. The van der Waals surface area contributed by atoms with Crippen molar-refractivity contribution in [2.45, 2.75) is 6.92 Å². The zero-order chi connectivity index (χ0) is 7.72. The van der Waals surface area contributed by atoms with Crippen LogP contribution in [-0.2, 0) is 0 Å². The Balaban J connectivity index is 0.000001000. The first-order valence-electron chi connectivity index (χ1n) is 2.82. The van der Waals surface area contributed by atoms with Gasteiger partial charge < -0.3 is 5.73 Å². The van der Waals surface area contributed by atoms with Crippen molar-refractivity contribution in [2.75, 3.05) is 5.73 Å². The summed E-state index contributed by atoms with van der Waals surface area (Å²) in [5, 5.41) is 0.409. The molecule has 0 aliphatic carbocycles. The fourth-order valence-corrected chi connectivity index (χ4v) is 0.830. The van der Waals surface area contributed by atoms with Crippen molar-refractivity contribution < 1.29 is 4.39 Å². The van der Waals surface area contributed by atoms with Crippen LogP contribution in [0.15, 0.2) is 12.1 Å². The highest BCUT2D eigenvalue weighted by Crippen LogP contribution is 2.20. The van der Waals surface area contributed by atoms with Crippen molar-refractivity contribution in [1.29, 1.82) is 0 Å². The lowest BCUT2D eigenvalue weighted by Crippen LogP contribution is -1.91. The van der Waals surface area contributed by atoms with Crippen molar-refractivity contribution in [3.05, 3.63) is 28.5 Å². The van der Waals surface area contributed by atoms with Crippen molar-refractivity contribution in [2.24, 2.45) is 0 Å². The quantitative estimate of drug-likeness (QED) is 0.634. The number of nitrogens with two attached hydrogens (primary N) is 1. The average molecular weight is 196 g/mol. The summed E-state index contributed by atoms with van der Waals surface area (Å²) in [5.74, 6) is -0.462. The minimum atomic E-state index is -0.462. The van der Waals surface area contributed by atoms with Gasteiger partial charge in [-0.05, 0) is 24.6 Å². The van der Waals surface area contributed by atoms with Crippen LogP contribution in [0.3, 0.4) is 0 Å². The first-order valence-corrected chi connectivity index (χ1v) is 3.20. The molecule has 0 radical (unpaired) electrons. The SMILES string of the molecule is Cc1cc(N)c(F)cc1Cl.Cl. The molecule has 0 aromatic heterocycles. The summed E-state index contributed by atoms with van der Waals surface area (Å²) >= 11 is 5.59. The van der Waals surface area contributed by atoms with Crippen molar-refractivity contribution >= 4 is 29.7 Å². The Kier molecular flexibility index (Phi) is 3.63. The van der Waals surface area contributed by atoms with Crippen molar-refractivity contribution in [3.8, 4) is 0 Å². The zero-order valence-corrected chi connectivity index (χ0v) is 7.47. The van der Waals surface area contributed by atoms with Crippen LogP contribution in [0.1, 0.15) is 5.56 Å². The Morgan fingerprint density at radius 3 is 2.45 bits per heavy atom. The van der Waals surface area contributed by atoms with Crippen LogP contribution in [0.2, 0.25) is 5.02 Å². The summed E-state index contributed by atoms with van der Waals surface area (Å²) < 4.78 is 12.6. The normalized spacial score (nSPS) is 9.00. The second-order valence-corrected chi connectivity index (χ2v) is 2.53. The minimum absolute atomic E-state index is 0. The van der Waals surface area contributed by atoms with Crippen molar-refractivity contribution in [3.63, 3.8) is 0 Å². The molecule has 0 spiro atoms. The van der Waals surface area contributed by atoms with Gasteiger partial charge in [0.2, 0.25) is 0 Å². The van der Waals surface area contributed by atoms with E-state index in [2.05, 4.69) is 0 Å². The molecule has 0 aliphatic heterocycles. The summed E-state index contributed by atoms with van der Waals surface area (Å²) in [4.78, 5) is 0. The van der Waals surface area contributed by atoms with Crippen LogP contribution >= 0.6 is 24.0 Å². The number of hydrogen-bond acceptors (Lipinski definition) is 1. The molecule has 0 fully saturated rings. The van der Waals surface area contributed by atoms with E-state index >= 15 is 0 Å². The topological polar surface area (TPSA) is 26.0 Å². The maximum Gasteiger partial charge on any atom is 0.147 e. The molecule has 1 rings (SSSR count). The molecule has 4 heteroatoms. The van der Waals surface area contributed by atoms with Gasteiger partial charge in [-0.15, -0.1) is 12.4 Å². The second-order valence-electron chi connectivity index (χ2n) is 2.12. The first kappa shape index (κ1) is 10.5. The predicted molar refractivity (Wildman–Crippen MR) is 47.8 cm³/mol. The van der Waals surface area contributed by atoms with Gasteiger partial charge in [-0.2, -0.15) is 0 Å². The lowest BCUT2D eigenvalue weighted by molar-refractivity contribution is 0.632. The number of nitrogen functional groups attached to an aromatic ring is 1. The second kappa shape index (κ2) is 3.79. The molecule has 0 bridgehead atoms. The van der Waals surface area contributed by atoms with Crippen LogP contribution in [0, 0.1) is 12.7 Å². The lowest BCUT2D eigenvalue weighted by atomic mass is 10.2. The minimum Gasteiger partial charge on any atom is -0.396 e. The highest BCUT2D eigenvalue weighted by atomic mass is 35.5. The Morgan fingerprint density at radius 1 is 1.45 bits per heavy atom. The highest BCUT2D eigenvalue weighted by Gasteiger charge is 2.00. The van der Waals surface area contributed by atoms with Gasteiger partial charge >= 0.3 is 0 Å². The third-order valence-electron chi connectivity index (χ3n) is 1.28. The van der Waals surface area contributed by atoms with Gasteiger partial charge in [-0.3, -0.25) is 0 Å². The van der Waals surface area contributed by atoms with Gasteiger partial charge in [0.1, 0.15) is 5.82 Å². The van der Waals surface area contributed by atoms with E-state index in [-0.39, 0.29) is 18.1 Å². The monoisotopic (exact) mass is 195 g/mol. The Bertz CT molecular complexity index is 213. The van der Waals surface area contributed by atoms with Crippen LogP contribution in [-0.4, -0.2) is 0 Å². The maximum absolute atomic E-state index is 12.6. The molecule has 1 nitrogen and oxygen atoms in total. The van der Waals surface area contributed by atoms with E-state index in [9.17, 15) is 4.39 Å². The van der Waals surface area contributed by atoms with Crippen molar-refractivity contribution in [1.82, 2.24) is 0 Å². The third kappa shape index (κ3) is 2.24. The van der Waals surface area contributed by atoms with E-state index < -0.39 is 5.82 Å². The molecule has 11 heavy (non-hydrogen) atoms. The van der Waals surface area contributed by atoms with Gasteiger partial charge in [0.05, 0.1) is 5.69 Å². The molecule has 0 atom stereocenters. The van der Waals surface area contributed by atoms with E-state index in [1.54, 1.807) is 6.92 Å². The van der Waals surface area contributed by atoms with Gasteiger partial charge in [0.15, 0.2) is 0 Å². The van der Waals surface area contributed by atoms with Crippen LogP contribution in [0.25, 0.3) is 0 Å². The van der Waals surface area contributed by atoms with Gasteiger partial charge in [0, 0.05) is 5.02 Å².